The number of imide groups is 1. The second-order valence-corrected chi connectivity index (χ2v) is 6.57. The third kappa shape index (κ3) is 2.46. The third-order valence-corrected chi connectivity index (χ3v) is 4.91. The van der Waals surface area contributed by atoms with Crippen LogP contribution >= 0.6 is 0 Å². The Morgan fingerprint density at radius 2 is 1.78 bits per heavy atom. The van der Waals surface area contributed by atoms with Crippen molar-refractivity contribution in [3.8, 4) is 0 Å². The molecular weight excluding hydrogens is 356 g/mol. The molecule has 3 aliphatic rings. The summed E-state index contributed by atoms with van der Waals surface area (Å²) in [7, 11) is 0. The molecule has 9 nitrogen and oxygen atoms in total. The Morgan fingerprint density at radius 3 is 2.37 bits per heavy atom. The standard InChI is InChI=1S/C18H16N2O7/c1-9(21)25-17(26-10(2)22)18-6-3-12(27-18)13-14(18)16(24)20(15(13)23)11-4-7-19-8-5-11/h3-8,12-14,17H,1-2H3/t12-,13+,14-,18+/m1/s1. The summed E-state index contributed by atoms with van der Waals surface area (Å²) in [4.78, 5) is 54.1. The van der Waals surface area contributed by atoms with E-state index in [0.29, 0.717) is 5.69 Å². The van der Waals surface area contributed by atoms with E-state index in [0.717, 1.165) is 18.7 Å². The molecule has 27 heavy (non-hydrogen) atoms. The van der Waals surface area contributed by atoms with Crippen molar-refractivity contribution in [3.63, 3.8) is 0 Å². The van der Waals surface area contributed by atoms with Gasteiger partial charge in [-0.3, -0.25) is 24.2 Å². The van der Waals surface area contributed by atoms with Crippen LogP contribution in [0, 0.1) is 11.8 Å². The number of aromatic nitrogens is 1. The summed E-state index contributed by atoms with van der Waals surface area (Å²) in [5, 5.41) is 0. The van der Waals surface area contributed by atoms with Crippen LogP contribution in [0.2, 0.25) is 0 Å². The van der Waals surface area contributed by atoms with E-state index in [9.17, 15) is 19.2 Å². The Balaban J connectivity index is 1.75. The zero-order valence-corrected chi connectivity index (χ0v) is 14.5. The van der Waals surface area contributed by atoms with E-state index in [1.165, 1.54) is 18.5 Å². The summed E-state index contributed by atoms with van der Waals surface area (Å²) in [5.74, 6) is -4.10. The van der Waals surface area contributed by atoms with E-state index in [4.69, 9.17) is 14.2 Å². The van der Waals surface area contributed by atoms with Gasteiger partial charge in [-0.2, -0.15) is 0 Å². The zero-order valence-electron chi connectivity index (χ0n) is 14.5. The second-order valence-electron chi connectivity index (χ2n) is 6.57. The minimum Gasteiger partial charge on any atom is -0.422 e. The largest absolute Gasteiger partial charge is 0.422 e. The smallest absolute Gasteiger partial charge is 0.305 e. The fourth-order valence-electron chi connectivity index (χ4n) is 3.96. The number of hydrogen-bond acceptors (Lipinski definition) is 8. The van der Waals surface area contributed by atoms with Gasteiger partial charge in [-0.25, -0.2) is 4.90 Å². The number of fused-ring (bicyclic) bond motifs is 5. The van der Waals surface area contributed by atoms with Gasteiger partial charge < -0.3 is 14.2 Å². The maximum Gasteiger partial charge on any atom is 0.305 e. The lowest BCUT2D eigenvalue weighted by molar-refractivity contribution is -0.226. The summed E-state index contributed by atoms with van der Waals surface area (Å²) < 4.78 is 16.2. The van der Waals surface area contributed by atoms with E-state index >= 15 is 0 Å². The van der Waals surface area contributed by atoms with Gasteiger partial charge in [-0.15, -0.1) is 0 Å². The van der Waals surface area contributed by atoms with Gasteiger partial charge in [0.1, 0.15) is 0 Å². The van der Waals surface area contributed by atoms with Crippen molar-refractivity contribution in [2.75, 3.05) is 4.90 Å². The number of hydrogen-bond donors (Lipinski definition) is 0. The van der Waals surface area contributed by atoms with Crippen LogP contribution in [0.15, 0.2) is 36.7 Å². The Morgan fingerprint density at radius 1 is 1.15 bits per heavy atom. The van der Waals surface area contributed by atoms with E-state index in [1.54, 1.807) is 18.2 Å². The Labute approximate surface area is 153 Å². The topological polar surface area (TPSA) is 112 Å². The predicted octanol–water partition coefficient (Wildman–Crippen LogP) is 0.347. The summed E-state index contributed by atoms with van der Waals surface area (Å²) in [6.07, 6.45) is 3.97. The van der Waals surface area contributed by atoms with Crippen LogP contribution in [0.25, 0.3) is 0 Å². The van der Waals surface area contributed by atoms with Crippen LogP contribution in [0.1, 0.15) is 13.8 Å². The van der Waals surface area contributed by atoms with Crippen LogP contribution in [0.3, 0.4) is 0 Å². The number of ether oxygens (including phenoxy) is 3. The number of carbonyl (C=O) groups is 4. The van der Waals surface area contributed by atoms with E-state index in [-0.39, 0.29) is 0 Å². The second kappa shape index (κ2) is 5.98. The molecule has 4 atom stereocenters. The first-order chi connectivity index (χ1) is 12.8. The van der Waals surface area contributed by atoms with Crippen LogP contribution in [0.4, 0.5) is 5.69 Å². The number of amides is 2. The minimum atomic E-state index is -1.54. The summed E-state index contributed by atoms with van der Waals surface area (Å²) in [6.45, 7) is 2.31. The molecule has 4 rings (SSSR count). The summed E-state index contributed by atoms with van der Waals surface area (Å²) in [5.41, 5.74) is -1.15. The van der Waals surface area contributed by atoms with Gasteiger partial charge in [0.05, 0.1) is 23.6 Å². The Bertz CT molecular complexity index is 852. The molecule has 0 radical (unpaired) electrons. The molecule has 9 heteroatoms. The van der Waals surface area contributed by atoms with E-state index < -0.39 is 53.6 Å². The number of anilines is 1. The SMILES string of the molecule is CC(=O)OC(OC(C)=O)[C@@]12C=C[C@@H](O1)[C@@H]1C(=O)N(c3ccncc3)C(=O)[C@@H]12. The highest BCUT2D eigenvalue weighted by Crippen LogP contribution is 2.54. The lowest BCUT2D eigenvalue weighted by atomic mass is 9.76. The van der Waals surface area contributed by atoms with Crippen LogP contribution in [0.5, 0.6) is 0 Å². The molecule has 0 unspecified atom stereocenters. The maximum atomic E-state index is 13.2. The van der Waals surface area contributed by atoms with Gasteiger partial charge in [0.15, 0.2) is 5.60 Å². The Kier molecular flexibility index (Phi) is 3.84. The Hall–Kier alpha value is -3.07. The molecule has 1 aromatic heterocycles. The predicted molar refractivity (Wildman–Crippen MR) is 87.8 cm³/mol. The molecule has 0 saturated carbocycles. The molecule has 1 aromatic rings. The van der Waals surface area contributed by atoms with Crippen LogP contribution < -0.4 is 4.90 Å². The molecule has 0 aliphatic carbocycles. The number of rotatable bonds is 4. The van der Waals surface area contributed by atoms with Gasteiger partial charge in [-0.1, -0.05) is 6.08 Å². The molecule has 0 aromatic carbocycles. The van der Waals surface area contributed by atoms with E-state index in [2.05, 4.69) is 4.98 Å². The minimum absolute atomic E-state index is 0.389. The quantitative estimate of drug-likeness (QED) is 0.322. The summed E-state index contributed by atoms with van der Waals surface area (Å²) in [6, 6.07) is 3.10. The normalized spacial score (nSPS) is 30.8. The molecule has 140 valence electrons. The third-order valence-electron chi connectivity index (χ3n) is 4.91. The molecule has 0 N–H and O–H groups in total. The van der Waals surface area contributed by atoms with Crippen LogP contribution in [-0.2, 0) is 33.4 Å². The first-order valence-corrected chi connectivity index (χ1v) is 8.34. The van der Waals surface area contributed by atoms with Crippen molar-refractivity contribution < 1.29 is 33.4 Å². The average molecular weight is 372 g/mol. The highest BCUT2D eigenvalue weighted by Gasteiger charge is 2.72. The van der Waals surface area contributed by atoms with Crippen molar-refractivity contribution in [1.82, 2.24) is 4.98 Å². The first-order valence-electron chi connectivity index (χ1n) is 8.34. The van der Waals surface area contributed by atoms with Crippen molar-refractivity contribution in [1.29, 1.82) is 0 Å². The van der Waals surface area contributed by atoms with E-state index in [1.807, 2.05) is 0 Å². The van der Waals surface area contributed by atoms with Crippen molar-refractivity contribution in [2.24, 2.45) is 11.8 Å². The molecule has 3 aliphatic heterocycles. The number of pyridine rings is 1. The van der Waals surface area contributed by atoms with Crippen molar-refractivity contribution >= 4 is 29.4 Å². The molecule has 4 heterocycles. The monoisotopic (exact) mass is 372 g/mol. The highest BCUT2D eigenvalue weighted by molar-refractivity contribution is 6.23. The fraction of sp³-hybridized carbons (Fsp3) is 0.389. The van der Waals surface area contributed by atoms with Crippen LogP contribution in [-0.4, -0.2) is 46.7 Å². The molecule has 2 amide bonds. The highest BCUT2D eigenvalue weighted by atomic mass is 16.7. The van der Waals surface area contributed by atoms with Crippen molar-refractivity contribution in [3.05, 3.63) is 36.7 Å². The maximum absolute atomic E-state index is 13.2. The van der Waals surface area contributed by atoms with Gasteiger partial charge >= 0.3 is 11.9 Å². The zero-order chi connectivity index (χ0) is 19.3. The molecular formula is C18H16N2O7. The molecule has 2 saturated heterocycles. The van der Waals surface area contributed by atoms with Gasteiger partial charge in [0.2, 0.25) is 11.8 Å². The number of nitrogens with zero attached hydrogens (tertiary/aromatic N) is 2. The van der Waals surface area contributed by atoms with Gasteiger partial charge in [-0.05, 0) is 18.2 Å². The fourth-order valence-corrected chi connectivity index (χ4v) is 3.96. The molecule has 2 bridgehead atoms. The lowest BCUT2D eigenvalue weighted by Gasteiger charge is -2.34. The average Bonchev–Trinajstić information content (AvgIpc) is 3.26. The lowest BCUT2D eigenvalue weighted by Crippen LogP contribution is -2.52. The number of carbonyl (C=O) groups excluding carboxylic acids is 4. The summed E-state index contributed by atoms with van der Waals surface area (Å²) >= 11 is 0. The van der Waals surface area contributed by atoms with Gasteiger partial charge in [0.25, 0.3) is 6.29 Å². The molecule has 2 fully saturated rings. The first kappa shape index (κ1) is 17.3. The number of esters is 2. The molecule has 0 spiro atoms. The van der Waals surface area contributed by atoms with Gasteiger partial charge in [0, 0.05) is 26.2 Å². The van der Waals surface area contributed by atoms with Crippen molar-refractivity contribution in [2.45, 2.75) is 31.8 Å².